The van der Waals surface area contributed by atoms with Crippen molar-refractivity contribution < 1.29 is 4.79 Å². The second-order valence-electron chi connectivity index (χ2n) is 5.41. The fourth-order valence-electron chi connectivity index (χ4n) is 2.65. The van der Waals surface area contributed by atoms with E-state index in [1.807, 2.05) is 18.2 Å². The maximum Gasteiger partial charge on any atom is 0.319 e. The quantitative estimate of drug-likeness (QED) is 0.897. The summed E-state index contributed by atoms with van der Waals surface area (Å²) in [7, 11) is 0. The van der Waals surface area contributed by atoms with Crippen molar-refractivity contribution in [2.75, 3.05) is 5.32 Å². The lowest BCUT2D eigenvalue weighted by molar-refractivity contribution is 0.216. The van der Waals surface area contributed by atoms with E-state index in [4.69, 9.17) is 0 Å². The van der Waals surface area contributed by atoms with Gasteiger partial charge in [-0.1, -0.05) is 36.8 Å². The molecule has 1 aromatic heterocycles. The van der Waals surface area contributed by atoms with Gasteiger partial charge in [0.2, 0.25) is 0 Å². The summed E-state index contributed by atoms with van der Waals surface area (Å²) in [4.78, 5) is 16.1. The number of carbonyl (C=O) groups is 1. The molecular formula is C17H19N3O. The summed E-state index contributed by atoms with van der Waals surface area (Å²) >= 11 is 0. The van der Waals surface area contributed by atoms with E-state index in [1.54, 1.807) is 24.5 Å². The van der Waals surface area contributed by atoms with Crippen LogP contribution in [-0.4, -0.2) is 11.0 Å². The van der Waals surface area contributed by atoms with Crippen LogP contribution in [0.15, 0.2) is 54.9 Å². The number of hydrogen-bond acceptors (Lipinski definition) is 2. The number of hydrogen-bond donors (Lipinski definition) is 2. The van der Waals surface area contributed by atoms with Crippen LogP contribution >= 0.6 is 0 Å². The molecule has 1 aliphatic carbocycles. The van der Waals surface area contributed by atoms with Gasteiger partial charge in [-0.15, -0.1) is 0 Å². The topological polar surface area (TPSA) is 54.0 Å². The van der Waals surface area contributed by atoms with Gasteiger partial charge in [-0.2, -0.15) is 0 Å². The Morgan fingerprint density at radius 1 is 1.10 bits per heavy atom. The first kappa shape index (κ1) is 13.6. The molecule has 3 rings (SSSR count). The Morgan fingerprint density at radius 3 is 2.43 bits per heavy atom. The first-order valence-electron chi connectivity index (χ1n) is 7.35. The minimum Gasteiger partial charge on any atom is -0.331 e. The Balaban J connectivity index is 1.68. The molecule has 0 aliphatic heterocycles. The molecule has 2 N–H and O–H groups in total. The van der Waals surface area contributed by atoms with E-state index in [-0.39, 0.29) is 12.1 Å². The first-order chi connectivity index (χ1) is 10.3. The van der Waals surface area contributed by atoms with Gasteiger partial charge in [0, 0.05) is 18.1 Å². The maximum absolute atomic E-state index is 12.2. The average Bonchev–Trinajstić information content (AvgIpc) is 2.47. The van der Waals surface area contributed by atoms with E-state index in [2.05, 4.69) is 27.8 Å². The van der Waals surface area contributed by atoms with Gasteiger partial charge in [0.15, 0.2) is 0 Å². The lowest BCUT2D eigenvalue weighted by atomic mass is 9.77. The van der Waals surface area contributed by atoms with Gasteiger partial charge < -0.3 is 10.6 Å². The average molecular weight is 281 g/mol. The summed E-state index contributed by atoms with van der Waals surface area (Å²) in [6, 6.07) is 13.7. The lowest BCUT2D eigenvalue weighted by Crippen LogP contribution is -2.38. The van der Waals surface area contributed by atoms with E-state index < -0.39 is 0 Å². The summed E-state index contributed by atoms with van der Waals surface area (Å²) in [5.74, 6) is 0.538. The molecule has 0 bridgehead atoms. The van der Waals surface area contributed by atoms with Crippen LogP contribution in [0.1, 0.15) is 30.9 Å². The molecule has 2 aromatic rings. The van der Waals surface area contributed by atoms with Crippen molar-refractivity contribution >= 4 is 11.7 Å². The number of aromatic nitrogens is 1. The second kappa shape index (κ2) is 6.39. The largest absolute Gasteiger partial charge is 0.331 e. The molecule has 108 valence electrons. The summed E-state index contributed by atoms with van der Waals surface area (Å²) in [6.45, 7) is 0. The Bertz CT molecular complexity index is 581. The number of nitrogens with one attached hydrogen (secondary N) is 2. The second-order valence-corrected chi connectivity index (χ2v) is 5.41. The number of urea groups is 1. The van der Waals surface area contributed by atoms with Crippen molar-refractivity contribution in [2.45, 2.75) is 25.3 Å². The van der Waals surface area contributed by atoms with Gasteiger partial charge in [-0.05, 0) is 36.5 Å². The molecular weight excluding hydrogens is 262 g/mol. The van der Waals surface area contributed by atoms with Crippen molar-refractivity contribution in [3.8, 4) is 0 Å². The van der Waals surface area contributed by atoms with Gasteiger partial charge >= 0.3 is 6.03 Å². The number of benzene rings is 1. The summed E-state index contributed by atoms with van der Waals surface area (Å²) in [5.41, 5.74) is 1.93. The Hall–Kier alpha value is -2.36. The van der Waals surface area contributed by atoms with E-state index in [1.165, 1.54) is 24.8 Å². The number of rotatable bonds is 4. The molecule has 4 nitrogen and oxygen atoms in total. The highest BCUT2D eigenvalue weighted by molar-refractivity contribution is 5.89. The van der Waals surface area contributed by atoms with E-state index in [0.29, 0.717) is 5.92 Å². The van der Waals surface area contributed by atoms with Crippen LogP contribution in [0.5, 0.6) is 0 Å². The summed E-state index contributed by atoms with van der Waals surface area (Å²) < 4.78 is 0. The molecule has 1 aliphatic rings. The molecule has 4 heteroatoms. The van der Waals surface area contributed by atoms with Gasteiger partial charge in [0.25, 0.3) is 0 Å². The van der Waals surface area contributed by atoms with Crippen molar-refractivity contribution in [1.82, 2.24) is 10.3 Å². The normalized spacial score (nSPS) is 15.8. The molecule has 1 heterocycles. The standard InChI is InChI=1S/C17H19N3O/c21-17(19-15-9-11-18-12-10-15)20-16(14-7-4-8-14)13-5-2-1-3-6-13/h1-3,5-6,9-12,14,16H,4,7-8H2,(H2,18,19,20,21). The van der Waals surface area contributed by atoms with Gasteiger partial charge in [0.1, 0.15) is 0 Å². The third-order valence-corrected chi connectivity index (χ3v) is 4.00. The molecule has 21 heavy (non-hydrogen) atoms. The van der Waals surface area contributed by atoms with Crippen molar-refractivity contribution in [1.29, 1.82) is 0 Å². The molecule has 0 spiro atoms. The van der Waals surface area contributed by atoms with Crippen LogP contribution < -0.4 is 10.6 Å². The van der Waals surface area contributed by atoms with Crippen LogP contribution in [-0.2, 0) is 0 Å². The Morgan fingerprint density at radius 2 is 1.81 bits per heavy atom. The number of amides is 2. The number of carbonyl (C=O) groups excluding carboxylic acids is 1. The predicted molar refractivity (Wildman–Crippen MR) is 82.9 cm³/mol. The van der Waals surface area contributed by atoms with Crippen LogP contribution in [0, 0.1) is 5.92 Å². The monoisotopic (exact) mass is 281 g/mol. The predicted octanol–water partition coefficient (Wildman–Crippen LogP) is 3.74. The third kappa shape index (κ3) is 3.40. The molecule has 0 radical (unpaired) electrons. The van der Waals surface area contributed by atoms with Crippen molar-refractivity contribution in [3.05, 3.63) is 60.4 Å². The van der Waals surface area contributed by atoms with E-state index in [0.717, 1.165) is 5.69 Å². The Kier molecular flexibility index (Phi) is 4.15. The van der Waals surface area contributed by atoms with E-state index >= 15 is 0 Å². The minimum absolute atomic E-state index is 0.0850. The van der Waals surface area contributed by atoms with Gasteiger partial charge in [-0.3, -0.25) is 4.98 Å². The van der Waals surface area contributed by atoms with Crippen LogP contribution in [0.3, 0.4) is 0 Å². The number of pyridine rings is 1. The zero-order valence-corrected chi connectivity index (χ0v) is 11.8. The molecule has 1 aromatic carbocycles. The zero-order chi connectivity index (χ0) is 14.5. The smallest absolute Gasteiger partial charge is 0.319 e. The first-order valence-corrected chi connectivity index (χ1v) is 7.35. The minimum atomic E-state index is -0.165. The molecule has 1 fully saturated rings. The lowest BCUT2D eigenvalue weighted by Gasteiger charge is -2.34. The highest BCUT2D eigenvalue weighted by atomic mass is 16.2. The van der Waals surface area contributed by atoms with Crippen molar-refractivity contribution in [2.24, 2.45) is 5.92 Å². The highest BCUT2D eigenvalue weighted by Crippen LogP contribution is 2.37. The summed E-state index contributed by atoms with van der Waals surface area (Å²) in [6.07, 6.45) is 6.93. The third-order valence-electron chi connectivity index (χ3n) is 4.00. The molecule has 1 saturated carbocycles. The molecule has 0 saturated heterocycles. The number of anilines is 1. The van der Waals surface area contributed by atoms with Gasteiger partial charge in [0.05, 0.1) is 6.04 Å². The van der Waals surface area contributed by atoms with Crippen LogP contribution in [0.4, 0.5) is 10.5 Å². The van der Waals surface area contributed by atoms with Crippen LogP contribution in [0.2, 0.25) is 0 Å². The molecule has 1 unspecified atom stereocenters. The van der Waals surface area contributed by atoms with Crippen molar-refractivity contribution in [3.63, 3.8) is 0 Å². The number of nitrogens with zero attached hydrogens (tertiary/aromatic N) is 1. The fraction of sp³-hybridized carbons (Fsp3) is 0.294. The highest BCUT2D eigenvalue weighted by Gasteiger charge is 2.29. The SMILES string of the molecule is O=C(Nc1ccncc1)NC(c1ccccc1)C1CCC1. The fourth-order valence-corrected chi connectivity index (χ4v) is 2.65. The maximum atomic E-state index is 12.2. The zero-order valence-electron chi connectivity index (χ0n) is 11.8. The summed E-state index contributed by atoms with van der Waals surface area (Å²) in [5, 5.41) is 5.97. The van der Waals surface area contributed by atoms with E-state index in [9.17, 15) is 4.79 Å². The molecule has 1 atom stereocenters. The van der Waals surface area contributed by atoms with Crippen LogP contribution in [0.25, 0.3) is 0 Å². The Labute approximate surface area is 124 Å². The molecule has 2 amide bonds. The van der Waals surface area contributed by atoms with Gasteiger partial charge in [-0.25, -0.2) is 4.79 Å².